The van der Waals surface area contributed by atoms with Gasteiger partial charge in [-0.2, -0.15) is 0 Å². The van der Waals surface area contributed by atoms with Crippen molar-refractivity contribution in [1.82, 2.24) is 10.0 Å². The second-order valence-electron chi connectivity index (χ2n) is 4.07. The van der Waals surface area contributed by atoms with Crippen molar-refractivity contribution in [3.05, 3.63) is 41.3 Å². The number of nitrogens with one attached hydrogen (secondary N) is 2. The Morgan fingerprint density at radius 3 is 2.43 bits per heavy atom. The smallest absolute Gasteiger partial charge is 0.329 e. The summed E-state index contributed by atoms with van der Waals surface area (Å²) in [6.07, 6.45) is 0. The van der Waals surface area contributed by atoms with Crippen molar-refractivity contribution in [1.29, 1.82) is 0 Å². The van der Waals surface area contributed by atoms with Gasteiger partial charge in [-0.15, -0.1) is 0 Å². The van der Waals surface area contributed by atoms with Gasteiger partial charge < -0.3 is 10.1 Å². The Bertz CT molecular complexity index is 638. The molecule has 0 saturated heterocycles. The first-order valence-corrected chi connectivity index (χ1v) is 7.50. The van der Waals surface area contributed by atoms with Gasteiger partial charge in [0.2, 0.25) is 0 Å². The van der Waals surface area contributed by atoms with Crippen molar-refractivity contribution in [3.8, 4) is 0 Å². The topological polar surface area (TPSA) is 102 Å². The first-order valence-electron chi connectivity index (χ1n) is 5.95. The molecule has 114 valence electrons. The molecule has 0 aliphatic rings. The average molecular weight is 312 g/mol. The zero-order valence-electron chi connectivity index (χ0n) is 11.6. The predicted molar refractivity (Wildman–Crippen MR) is 77.6 cm³/mol. The van der Waals surface area contributed by atoms with Crippen LogP contribution in [0.5, 0.6) is 0 Å². The van der Waals surface area contributed by atoms with E-state index in [4.69, 9.17) is 0 Å². The predicted octanol–water partition coefficient (Wildman–Crippen LogP) is 0.849. The monoisotopic (exact) mass is 312 g/mol. The summed E-state index contributed by atoms with van der Waals surface area (Å²) >= 11 is 0. The van der Waals surface area contributed by atoms with Gasteiger partial charge in [-0.25, -0.2) is 17.9 Å². The van der Waals surface area contributed by atoms with Gasteiger partial charge in [0.1, 0.15) is 6.54 Å². The highest BCUT2D eigenvalue weighted by molar-refractivity contribution is 7.93. The maximum absolute atomic E-state index is 11.8. The molecule has 0 aliphatic carbocycles. The van der Waals surface area contributed by atoms with Gasteiger partial charge in [0.15, 0.2) is 0 Å². The number of methoxy groups -OCH3 is 1. The number of amides is 2. The van der Waals surface area contributed by atoms with E-state index < -0.39 is 28.6 Å². The minimum atomic E-state index is -3.96. The van der Waals surface area contributed by atoms with Crippen LogP contribution in [-0.2, 0) is 19.6 Å². The number of hydrogen-bond donors (Lipinski definition) is 2. The van der Waals surface area contributed by atoms with E-state index in [1.807, 2.05) is 6.07 Å². The minimum Gasteiger partial charge on any atom is -0.468 e. The summed E-state index contributed by atoms with van der Waals surface area (Å²) in [6, 6.07) is 7.85. The average Bonchev–Trinajstić information content (AvgIpc) is 2.44. The maximum atomic E-state index is 11.8. The summed E-state index contributed by atoms with van der Waals surface area (Å²) in [4.78, 5) is 22.2. The number of allylic oxidation sites excluding steroid dienone is 1. The molecule has 0 spiro atoms. The third-order valence-corrected chi connectivity index (χ3v) is 3.55. The summed E-state index contributed by atoms with van der Waals surface area (Å²) < 4.78 is 29.6. The number of rotatable bonds is 5. The van der Waals surface area contributed by atoms with Gasteiger partial charge in [-0.1, -0.05) is 30.3 Å². The third kappa shape index (κ3) is 6.09. The van der Waals surface area contributed by atoms with Crippen LogP contribution < -0.4 is 10.0 Å². The number of sulfonamides is 1. The molecule has 0 unspecified atom stereocenters. The van der Waals surface area contributed by atoms with Crippen molar-refractivity contribution in [2.45, 2.75) is 6.92 Å². The molecule has 0 aromatic heterocycles. The fraction of sp³-hybridized carbons (Fsp3) is 0.231. The highest BCUT2D eigenvalue weighted by atomic mass is 32.2. The zero-order chi connectivity index (χ0) is 15.9. The number of carbonyl (C=O) groups is 2. The first-order chi connectivity index (χ1) is 9.84. The van der Waals surface area contributed by atoms with Crippen molar-refractivity contribution in [2.75, 3.05) is 13.7 Å². The highest BCUT2D eigenvalue weighted by Crippen LogP contribution is 2.13. The number of ether oxygens (including phenoxy) is 1. The van der Waals surface area contributed by atoms with Crippen LogP contribution in [0.25, 0.3) is 5.57 Å². The van der Waals surface area contributed by atoms with Crippen LogP contribution in [0, 0.1) is 0 Å². The summed E-state index contributed by atoms with van der Waals surface area (Å²) in [7, 11) is -2.80. The Labute approximate surface area is 123 Å². The molecule has 0 bridgehead atoms. The second-order valence-corrected chi connectivity index (χ2v) is 5.60. The molecule has 1 aromatic carbocycles. The summed E-state index contributed by atoms with van der Waals surface area (Å²) in [5.41, 5.74) is 1.20. The van der Waals surface area contributed by atoms with E-state index in [-0.39, 0.29) is 0 Å². The van der Waals surface area contributed by atoms with Gasteiger partial charge in [0.05, 0.1) is 12.5 Å². The molecule has 1 rings (SSSR count). The summed E-state index contributed by atoms with van der Waals surface area (Å²) in [5, 5.41) is 3.01. The van der Waals surface area contributed by atoms with Crippen LogP contribution in [0.1, 0.15) is 12.5 Å². The van der Waals surface area contributed by atoms with E-state index in [2.05, 4.69) is 10.1 Å². The number of benzene rings is 1. The van der Waals surface area contributed by atoms with Crippen molar-refractivity contribution >= 4 is 27.6 Å². The van der Waals surface area contributed by atoms with Crippen molar-refractivity contribution < 1.29 is 22.7 Å². The lowest BCUT2D eigenvalue weighted by molar-refractivity contribution is -0.139. The molecule has 1 aromatic rings. The molecule has 0 atom stereocenters. The lowest BCUT2D eigenvalue weighted by atomic mass is 10.1. The Kier molecular flexibility index (Phi) is 5.92. The molecule has 21 heavy (non-hydrogen) atoms. The Morgan fingerprint density at radius 1 is 1.24 bits per heavy atom. The molecule has 2 amide bonds. The van der Waals surface area contributed by atoms with E-state index in [0.717, 1.165) is 18.1 Å². The molecule has 0 fully saturated rings. The molecule has 0 radical (unpaired) electrons. The molecule has 2 N–H and O–H groups in total. The van der Waals surface area contributed by atoms with Crippen molar-refractivity contribution in [2.24, 2.45) is 0 Å². The molecule has 0 saturated carbocycles. The van der Waals surface area contributed by atoms with Crippen LogP contribution in [0.4, 0.5) is 4.79 Å². The van der Waals surface area contributed by atoms with Crippen LogP contribution in [0.3, 0.4) is 0 Å². The molecular weight excluding hydrogens is 296 g/mol. The van der Waals surface area contributed by atoms with Gasteiger partial charge in [-0.3, -0.25) is 4.79 Å². The number of carbonyl (C=O) groups excluding carboxylic acids is 2. The largest absolute Gasteiger partial charge is 0.468 e. The van der Waals surface area contributed by atoms with Crippen molar-refractivity contribution in [3.63, 3.8) is 0 Å². The Balaban J connectivity index is 2.69. The molecule has 8 heteroatoms. The maximum Gasteiger partial charge on any atom is 0.329 e. The van der Waals surface area contributed by atoms with Gasteiger partial charge >= 0.3 is 12.0 Å². The zero-order valence-corrected chi connectivity index (χ0v) is 12.4. The standard InChI is InChI=1S/C13H16N2O5S/c1-10(11-6-4-3-5-7-11)9-21(18,19)15-13(17)14-8-12(16)20-2/h3-7,9H,8H2,1-2H3,(H2,14,15,17)/b10-9+. The first kappa shape index (κ1) is 16.7. The van der Waals surface area contributed by atoms with Crippen LogP contribution in [-0.4, -0.2) is 34.1 Å². The quantitative estimate of drug-likeness (QED) is 0.785. The fourth-order valence-corrected chi connectivity index (χ4v) is 2.41. The summed E-state index contributed by atoms with van der Waals surface area (Å²) in [6.45, 7) is 1.19. The number of urea groups is 1. The van der Waals surface area contributed by atoms with Gasteiger partial charge in [-0.05, 0) is 18.1 Å². The Morgan fingerprint density at radius 2 is 1.86 bits per heavy atom. The number of esters is 1. The number of hydrogen-bond acceptors (Lipinski definition) is 5. The van der Waals surface area contributed by atoms with Crippen LogP contribution in [0.2, 0.25) is 0 Å². The van der Waals surface area contributed by atoms with E-state index in [9.17, 15) is 18.0 Å². The lowest BCUT2D eigenvalue weighted by Gasteiger charge is -2.06. The molecule has 7 nitrogen and oxygen atoms in total. The van der Waals surface area contributed by atoms with E-state index in [1.54, 1.807) is 35.9 Å². The minimum absolute atomic E-state index is 0.417. The lowest BCUT2D eigenvalue weighted by Crippen LogP contribution is -2.41. The normalized spacial score (nSPS) is 11.6. The molecule has 0 aliphatic heterocycles. The fourth-order valence-electron chi connectivity index (χ4n) is 1.42. The third-order valence-electron chi connectivity index (χ3n) is 2.42. The van der Waals surface area contributed by atoms with E-state index in [0.29, 0.717) is 5.57 Å². The molecular formula is C13H16N2O5S. The van der Waals surface area contributed by atoms with Crippen LogP contribution >= 0.6 is 0 Å². The van der Waals surface area contributed by atoms with Gasteiger partial charge in [0, 0.05) is 0 Å². The SMILES string of the molecule is COC(=O)CNC(=O)NS(=O)(=O)/C=C(\C)c1ccccc1. The van der Waals surface area contributed by atoms with E-state index >= 15 is 0 Å². The van der Waals surface area contributed by atoms with Crippen LogP contribution in [0.15, 0.2) is 35.7 Å². The van der Waals surface area contributed by atoms with Gasteiger partial charge in [0.25, 0.3) is 10.0 Å². The van der Waals surface area contributed by atoms with E-state index in [1.165, 1.54) is 0 Å². The molecule has 0 heterocycles. The second kappa shape index (κ2) is 7.44. The Hall–Kier alpha value is -2.35. The highest BCUT2D eigenvalue weighted by Gasteiger charge is 2.13. The summed E-state index contributed by atoms with van der Waals surface area (Å²) in [5.74, 6) is -0.682.